The first-order valence-electron chi connectivity index (χ1n) is 8.05. The number of hydrogen-bond acceptors (Lipinski definition) is 5. The van der Waals surface area contributed by atoms with E-state index in [0.29, 0.717) is 19.4 Å². The first-order valence-corrected chi connectivity index (χ1v) is 9.78. The van der Waals surface area contributed by atoms with Crippen LogP contribution in [0.4, 0.5) is 4.79 Å². The molecule has 1 fully saturated rings. The van der Waals surface area contributed by atoms with E-state index in [0.717, 1.165) is 19.3 Å². The summed E-state index contributed by atoms with van der Waals surface area (Å²) in [7, 11) is -3.01. The molecule has 0 aliphatic heterocycles. The summed E-state index contributed by atoms with van der Waals surface area (Å²) in [6, 6.07) is 0.0663. The molecule has 0 aromatic heterocycles. The second-order valence-electron chi connectivity index (χ2n) is 6.65. The summed E-state index contributed by atoms with van der Waals surface area (Å²) in [5.74, 6) is 0.240. The van der Waals surface area contributed by atoms with Crippen LogP contribution in [-0.2, 0) is 18.3 Å². The van der Waals surface area contributed by atoms with Crippen LogP contribution in [0.25, 0.3) is 0 Å². The highest BCUT2D eigenvalue weighted by Crippen LogP contribution is 2.51. The van der Waals surface area contributed by atoms with Gasteiger partial charge >= 0.3 is 13.7 Å². The minimum absolute atomic E-state index is 0.0663. The number of carbonyl (C=O) groups is 1. The number of ether oxygens (including phenoxy) is 1. The maximum atomic E-state index is 12.5. The molecule has 0 bridgehead atoms. The van der Waals surface area contributed by atoms with Gasteiger partial charge in [-0.2, -0.15) is 0 Å². The third kappa shape index (κ3) is 7.12. The summed E-state index contributed by atoms with van der Waals surface area (Å²) >= 11 is 0. The lowest BCUT2D eigenvalue weighted by Crippen LogP contribution is -2.38. The normalized spacial score (nSPS) is 22.6. The molecule has 0 aromatic rings. The quantitative estimate of drug-likeness (QED) is 0.713. The molecule has 1 saturated carbocycles. The molecule has 1 rings (SSSR count). The second-order valence-corrected chi connectivity index (χ2v) is 8.75. The molecular weight excluding hydrogens is 305 g/mol. The zero-order chi connectivity index (χ0) is 16.8. The molecule has 1 N–H and O–H groups in total. The summed E-state index contributed by atoms with van der Waals surface area (Å²) in [5.41, 5.74) is -0.498. The number of amides is 1. The molecule has 0 heterocycles. The van der Waals surface area contributed by atoms with Crippen LogP contribution in [0.3, 0.4) is 0 Å². The molecule has 1 aliphatic rings. The van der Waals surface area contributed by atoms with Gasteiger partial charge in [0, 0.05) is 6.04 Å². The predicted molar refractivity (Wildman–Crippen MR) is 86.2 cm³/mol. The van der Waals surface area contributed by atoms with Crippen LogP contribution in [0, 0.1) is 5.92 Å². The minimum Gasteiger partial charge on any atom is -0.444 e. The van der Waals surface area contributed by atoms with Gasteiger partial charge in [0.1, 0.15) is 5.60 Å². The lowest BCUT2D eigenvalue weighted by molar-refractivity contribution is 0.0505. The highest BCUT2D eigenvalue weighted by Gasteiger charge is 2.34. The van der Waals surface area contributed by atoms with Crippen LogP contribution in [0.1, 0.15) is 53.9 Å². The van der Waals surface area contributed by atoms with Crippen molar-refractivity contribution in [2.24, 2.45) is 5.92 Å². The van der Waals surface area contributed by atoms with Gasteiger partial charge in [0.15, 0.2) is 0 Å². The Morgan fingerprint density at radius 2 is 1.77 bits per heavy atom. The van der Waals surface area contributed by atoms with Gasteiger partial charge in [0.2, 0.25) is 0 Å². The van der Waals surface area contributed by atoms with E-state index in [-0.39, 0.29) is 12.0 Å². The Balaban J connectivity index is 2.45. The fourth-order valence-corrected chi connectivity index (χ4v) is 4.73. The summed E-state index contributed by atoms with van der Waals surface area (Å²) in [5, 5.41) is 2.88. The number of rotatable bonds is 7. The molecule has 0 aromatic carbocycles. The standard InChI is InChI=1S/C15H30NO5P/c1-6-19-22(18,20-7-2)11-12-8-9-13(10-12)16-14(17)21-15(3,4)5/h12-13H,6-11H2,1-5H3,(H,16,17)/t12-,13+/m1/s1. The monoisotopic (exact) mass is 335 g/mol. The molecular formula is C15H30NO5P. The number of carbonyl (C=O) groups excluding carboxylic acids is 1. The first-order chi connectivity index (χ1) is 10.2. The Labute approximate surface area is 133 Å². The molecule has 7 heteroatoms. The number of hydrogen-bond donors (Lipinski definition) is 1. The molecule has 2 atom stereocenters. The largest absolute Gasteiger partial charge is 0.444 e. The van der Waals surface area contributed by atoms with E-state index in [9.17, 15) is 9.36 Å². The molecule has 22 heavy (non-hydrogen) atoms. The smallest absolute Gasteiger partial charge is 0.407 e. The zero-order valence-corrected chi connectivity index (χ0v) is 15.3. The van der Waals surface area contributed by atoms with Crippen molar-refractivity contribution in [3.05, 3.63) is 0 Å². The van der Waals surface area contributed by atoms with E-state index in [1.54, 1.807) is 0 Å². The first kappa shape index (κ1) is 19.5. The van der Waals surface area contributed by atoms with Gasteiger partial charge in [-0.05, 0) is 59.8 Å². The second kappa shape index (κ2) is 8.32. The third-order valence-electron chi connectivity index (χ3n) is 3.40. The van der Waals surface area contributed by atoms with E-state index in [1.807, 2.05) is 34.6 Å². The van der Waals surface area contributed by atoms with Crippen molar-refractivity contribution in [2.75, 3.05) is 19.4 Å². The van der Waals surface area contributed by atoms with Gasteiger partial charge in [0.25, 0.3) is 0 Å². The van der Waals surface area contributed by atoms with Crippen molar-refractivity contribution < 1.29 is 23.1 Å². The lowest BCUT2D eigenvalue weighted by atomic mass is 10.1. The van der Waals surface area contributed by atoms with E-state index in [2.05, 4.69) is 5.32 Å². The Kier molecular flexibility index (Phi) is 7.36. The van der Waals surface area contributed by atoms with Crippen LogP contribution in [0.15, 0.2) is 0 Å². The molecule has 130 valence electrons. The van der Waals surface area contributed by atoms with E-state index >= 15 is 0 Å². The van der Waals surface area contributed by atoms with Gasteiger partial charge in [-0.25, -0.2) is 4.79 Å². The maximum Gasteiger partial charge on any atom is 0.407 e. The summed E-state index contributed by atoms with van der Waals surface area (Å²) in [6.07, 6.45) is 2.58. The van der Waals surface area contributed by atoms with Crippen molar-refractivity contribution in [1.82, 2.24) is 5.32 Å². The maximum absolute atomic E-state index is 12.5. The molecule has 0 saturated heterocycles. The summed E-state index contributed by atoms with van der Waals surface area (Å²) in [4.78, 5) is 11.8. The van der Waals surface area contributed by atoms with Gasteiger partial charge in [-0.15, -0.1) is 0 Å². The average molecular weight is 335 g/mol. The van der Waals surface area contributed by atoms with Crippen molar-refractivity contribution in [1.29, 1.82) is 0 Å². The Bertz CT molecular complexity index is 397. The van der Waals surface area contributed by atoms with Crippen LogP contribution >= 0.6 is 7.60 Å². The topological polar surface area (TPSA) is 73.9 Å². The molecule has 1 amide bonds. The van der Waals surface area contributed by atoms with E-state index < -0.39 is 19.3 Å². The SMILES string of the molecule is CCOP(=O)(C[C@@H]1CC[C@H](NC(=O)OC(C)(C)C)C1)OCC. The molecule has 0 radical (unpaired) electrons. The Morgan fingerprint density at radius 3 is 2.27 bits per heavy atom. The van der Waals surface area contributed by atoms with E-state index in [1.165, 1.54) is 0 Å². The molecule has 0 unspecified atom stereocenters. The van der Waals surface area contributed by atoms with Gasteiger partial charge in [0.05, 0.1) is 19.4 Å². The Morgan fingerprint density at radius 1 is 1.18 bits per heavy atom. The van der Waals surface area contributed by atoms with Crippen molar-refractivity contribution in [3.63, 3.8) is 0 Å². The van der Waals surface area contributed by atoms with Crippen molar-refractivity contribution >= 4 is 13.7 Å². The predicted octanol–water partition coefficient (Wildman–Crippen LogP) is 3.95. The third-order valence-corrected chi connectivity index (χ3v) is 5.66. The summed E-state index contributed by atoms with van der Waals surface area (Å²) < 4.78 is 28.5. The van der Waals surface area contributed by atoms with Crippen LogP contribution < -0.4 is 5.32 Å². The highest BCUT2D eigenvalue weighted by atomic mass is 31.2. The van der Waals surface area contributed by atoms with Gasteiger partial charge in [-0.1, -0.05) is 0 Å². The Hall–Kier alpha value is -0.580. The molecule has 6 nitrogen and oxygen atoms in total. The zero-order valence-electron chi connectivity index (χ0n) is 14.4. The van der Waals surface area contributed by atoms with Crippen LogP contribution in [0.5, 0.6) is 0 Å². The van der Waals surface area contributed by atoms with Crippen molar-refractivity contribution in [3.8, 4) is 0 Å². The minimum atomic E-state index is -3.01. The molecule has 0 spiro atoms. The fraction of sp³-hybridized carbons (Fsp3) is 0.933. The van der Waals surface area contributed by atoms with Crippen LogP contribution in [0.2, 0.25) is 0 Å². The van der Waals surface area contributed by atoms with Crippen LogP contribution in [-0.4, -0.2) is 37.1 Å². The van der Waals surface area contributed by atoms with Crippen molar-refractivity contribution in [2.45, 2.75) is 65.5 Å². The summed E-state index contributed by atoms with van der Waals surface area (Å²) in [6.45, 7) is 9.90. The fourth-order valence-electron chi connectivity index (χ4n) is 2.70. The van der Waals surface area contributed by atoms with E-state index in [4.69, 9.17) is 13.8 Å². The average Bonchev–Trinajstić information content (AvgIpc) is 2.73. The number of alkyl carbamates (subject to hydrolysis) is 1. The number of nitrogens with one attached hydrogen (secondary N) is 1. The highest BCUT2D eigenvalue weighted by molar-refractivity contribution is 7.53. The lowest BCUT2D eigenvalue weighted by Gasteiger charge is -2.22. The molecule has 1 aliphatic carbocycles. The van der Waals surface area contributed by atoms with Gasteiger partial charge < -0.3 is 19.1 Å². The van der Waals surface area contributed by atoms with Gasteiger partial charge in [-0.3, -0.25) is 4.57 Å².